The normalized spacial score (nSPS) is 11.9. The Morgan fingerprint density at radius 1 is 1.32 bits per heavy atom. The molecule has 2 aromatic rings. The topological polar surface area (TPSA) is 61.4 Å². The number of nitrogens with one attached hydrogen (secondary N) is 2. The van der Waals surface area contributed by atoms with Crippen LogP contribution < -0.4 is 10.6 Å². The minimum Gasteiger partial charge on any atom is -0.387 e. The van der Waals surface area contributed by atoms with Crippen LogP contribution in [0.1, 0.15) is 17.2 Å². The van der Waals surface area contributed by atoms with Crippen LogP contribution in [0, 0.1) is 6.92 Å². The molecule has 1 aromatic carbocycles. The van der Waals surface area contributed by atoms with Crippen LogP contribution in [0.4, 0.5) is 10.5 Å². The standard InChI is InChI=1S/C14H16N2O2S/c1-10-2-4-12(5-3-10)16-14(18)15-8-13(17)11-6-7-19-9-11/h2-7,9,13,17H,8H2,1H3,(H2,15,16,18). The maximum atomic E-state index is 11.6. The van der Waals surface area contributed by atoms with E-state index in [1.807, 2.05) is 48.0 Å². The van der Waals surface area contributed by atoms with Crippen molar-refractivity contribution in [2.75, 3.05) is 11.9 Å². The highest BCUT2D eigenvalue weighted by atomic mass is 32.1. The molecule has 3 N–H and O–H groups in total. The van der Waals surface area contributed by atoms with Crippen LogP contribution in [-0.2, 0) is 0 Å². The first-order chi connectivity index (χ1) is 9.15. The number of aliphatic hydroxyl groups excluding tert-OH is 1. The molecule has 0 spiro atoms. The zero-order chi connectivity index (χ0) is 13.7. The number of anilines is 1. The molecule has 2 amide bonds. The van der Waals surface area contributed by atoms with Crippen LogP contribution >= 0.6 is 11.3 Å². The summed E-state index contributed by atoms with van der Waals surface area (Å²) in [6.45, 7) is 2.18. The molecule has 0 fully saturated rings. The maximum Gasteiger partial charge on any atom is 0.319 e. The molecule has 0 aliphatic rings. The monoisotopic (exact) mass is 276 g/mol. The zero-order valence-electron chi connectivity index (χ0n) is 10.6. The molecule has 4 nitrogen and oxygen atoms in total. The molecule has 1 unspecified atom stereocenters. The number of thiophene rings is 1. The fourth-order valence-corrected chi connectivity index (χ4v) is 2.29. The summed E-state index contributed by atoms with van der Waals surface area (Å²) in [5.74, 6) is 0. The van der Waals surface area contributed by atoms with E-state index in [0.717, 1.165) is 16.8 Å². The van der Waals surface area contributed by atoms with Crippen LogP contribution in [0.25, 0.3) is 0 Å². The van der Waals surface area contributed by atoms with Crippen molar-refractivity contribution in [3.63, 3.8) is 0 Å². The van der Waals surface area contributed by atoms with Gasteiger partial charge < -0.3 is 15.7 Å². The van der Waals surface area contributed by atoms with Gasteiger partial charge in [-0.25, -0.2) is 4.79 Å². The number of aryl methyl sites for hydroxylation is 1. The number of benzene rings is 1. The number of hydrogen-bond acceptors (Lipinski definition) is 3. The highest BCUT2D eigenvalue weighted by Crippen LogP contribution is 2.15. The molecule has 100 valence electrons. The van der Waals surface area contributed by atoms with E-state index in [1.165, 1.54) is 11.3 Å². The van der Waals surface area contributed by atoms with E-state index in [4.69, 9.17) is 0 Å². The number of aliphatic hydroxyl groups is 1. The minimum absolute atomic E-state index is 0.189. The van der Waals surface area contributed by atoms with Gasteiger partial charge in [-0.1, -0.05) is 17.7 Å². The molecular weight excluding hydrogens is 260 g/mol. The molecule has 1 heterocycles. The Bertz CT molecular complexity index is 523. The van der Waals surface area contributed by atoms with Gasteiger partial charge in [0.2, 0.25) is 0 Å². The van der Waals surface area contributed by atoms with Crippen molar-refractivity contribution < 1.29 is 9.90 Å². The quantitative estimate of drug-likeness (QED) is 0.804. The van der Waals surface area contributed by atoms with Crippen molar-refractivity contribution in [1.29, 1.82) is 0 Å². The first kappa shape index (κ1) is 13.6. The fraction of sp³-hybridized carbons (Fsp3) is 0.214. The van der Waals surface area contributed by atoms with E-state index in [1.54, 1.807) is 0 Å². The van der Waals surface area contributed by atoms with Gasteiger partial charge in [-0.15, -0.1) is 0 Å². The SMILES string of the molecule is Cc1ccc(NC(=O)NCC(O)c2ccsc2)cc1. The largest absolute Gasteiger partial charge is 0.387 e. The summed E-state index contributed by atoms with van der Waals surface area (Å²) < 4.78 is 0. The predicted molar refractivity (Wildman–Crippen MR) is 77.5 cm³/mol. The van der Waals surface area contributed by atoms with E-state index in [2.05, 4.69) is 10.6 Å². The van der Waals surface area contributed by atoms with Crippen molar-refractivity contribution in [2.45, 2.75) is 13.0 Å². The Kier molecular flexibility index (Phi) is 4.54. The Balaban J connectivity index is 1.80. The molecule has 0 saturated carbocycles. The summed E-state index contributed by atoms with van der Waals surface area (Å²) in [6.07, 6.45) is -0.671. The Morgan fingerprint density at radius 2 is 2.05 bits per heavy atom. The van der Waals surface area contributed by atoms with E-state index in [9.17, 15) is 9.90 Å². The molecule has 0 aliphatic carbocycles. The lowest BCUT2D eigenvalue weighted by atomic mass is 10.2. The number of rotatable bonds is 4. The molecule has 19 heavy (non-hydrogen) atoms. The summed E-state index contributed by atoms with van der Waals surface area (Å²) in [5, 5.41) is 18.9. The van der Waals surface area contributed by atoms with Crippen LogP contribution in [0.5, 0.6) is 0 Å². The van der Waals surface area contributed by atoms with Gasteiger partial charge in [0.05, 0.1) is 6.10 Å². The van der Waals surface area contributed by atoms with E-state index < -0.39 is 6.10 Å². The van der Waals surface area contributed by atoms with Crippen molar-refractivity contribution in [2.24, 2.45) is 0 Å². The van der Waals surface area contributed by atoms with Crippen molar-refractivity contribution in [1.82, 2.24) is 5.32 Å². The summed E-state index contributed by atoms with van der Waals surface area (Å²) in [4.78, 5) is 11.6. The minimum atomic E-state index is -0.671. The van der Waals surface area contributed by atoms with Crippen molar-refractivity contribution in [3.8, 4) is 0 Å². The fourth-order valence-electron chi connectivity index (χ4n) is 1.58. The predicted octanol–water partition coefficient (Wildman–Crippen LogP) is 2.91. The highest BCUT2D eigenvalue weighted by Gasteiger charge is 2.09. The molecule has 1 aromatic heterocycles. The summed E-state index contributed by atoms with van der Waals surface area (Å²) in [5.41, 5.74) is 2.69. The van der Waals surface area contributed by atoms with Gasteiger partial charge in [-0.2, -0.15) is 11.3 Å². The lowest BCUT2D eigenvalue weighted by molar-refractivity contribution is 0.175. The third-order valence-electron chi connectivity index (χ3n) is 2.69. The Hall–Kier alpha value is -1.85. The summed E-state index contributed by atoms with van der Waals surface area (Å²) in [6, 6.07) is 9.05. The molecule has 2 rings (SSSR count). The third kappa shape index (κ3) is 4.08. The molecule has 0 aliphatic heterocycles. The van der Waals surface area contributed by atoms with E-state index in [0.29, 0.717) is 0 Å². The lowest BCUT2D eigenvalue weighted by Gasteiger charge is -2.11. The summed E-state index contributed by atoms with van der Waals surface area (Å²) >= 11 is 1.52. The molecule has 0 bridgehead atoms. The average molecular weight is 276 g/mol. The summed E-state index contributed by atoms with van der Waals surface area (Å²) in [7, 11) is 0. The maximum absolute atomic E-state index is 11.6. The second kappa shape index (κ2) is 6.36. The lowest BCUT2D eigenvalue weighted by Crippen LogP contribution is -2.32. The number of urea groups is 1. The highest BCUT2D eigenvalue weighted by molar-refractivity contribution is 7.07. The van der Waals surface area contributed by atoms with Crippen molar-refractivity contribution in [3.05, 3.63) is 52.2 Å². The van der Waals surface area contributed by atoms with Crippen molar-refractivity contribution >= 4 is 23.1 Å². The number of carbonyl (C=O) groups excluding carboxylic acids is 1. The van der Waals surface area contributed by atoms with Gasteiger partial charge in [0.15, 0.2) is 0 Å². The van der Waals surface area contributed by atoms with Crippen LogP contribution in [0.15, 0.2) is 41.1 Å². The number of hydrogen-bond donors (Lipinski definition) is 3. The van der Waals surface area contributed by atoms with Gasteiger partial charge in [-0.3, -0.25) is 0 Å². The van der Waals surface area contributed by atoms with Gasteiger partial charge in [0.25, 0.3) is 0 Å². The second-order valence-corrected chi connectivity index (χ2v) is 5.05. The molecule has 1 atom stereocenters. The first-order valence-corrected chi connectivity index (χ1v) is 6.91. The smallest absolute Gasteiger partial charge is 0.319 e. The molecule has 5 heteroatoms. The number of carbonyl (C=O) groups is 1. The zero-order valence-corrected chi connectivity index (χ0v) is 11.4. The van der Waals surface area contributed by atoms with E-state index in [-0.39, 0.29) is 12.6 Å². The Morgan fingerprint density at radius 3 is 2.68 bits per heavy atom. The van der Waals surface area contributed by atoms with Gasteiger partial charge in [0, 0.05) is 12.2 Å². The van der Waals surface area contributed by atoms with E-state index >= 15 is 0 Å². The van der Waals surface area contributed by atoms with Gasteiger partial charge in [-0.05, 0) is 41.4 Å². The number of amides is 2. The van der Waals surface area contributed by atoms with Crippen LogP contribution in [-0.4, -0.2) is 17.7 Å². The first-order valence-electron chi connectivity index (χ1n) is 5.97. The second-order valence-electron chi connectivity index (χ2n) is 4.27. The molecular formula is C14H16N2O2S. The third-order valence-corrected chi connectivity index (χ3v) is 3.39. The molecule has 0 saturated heterocycles. The van der Waals surface area contributed by atoms with Gasteiger partial charge >= 0.3 is 6.03 Å². The average Bonchev–Trinajstić information content (AvgIpc) is 2.93. The van der Waals surface area contributed by atoms with Crippen LogP contribution in [0.3, 0.4) is 0 Å². The Labute approximate surface area is 116 Å². The van der Waals surface area contributed by atoms with Crippen LogP contribution in [0.2, 0.25) is 0 Å². The molecule has 0 radical (unpaired) electrons. The van der Waals surface area contributed by atoms with Gasteiger partial charge in [0.1, 0.15) is 0 Å².